The van der Waals surface area contributed by atoms with Crippen LogP contribution >= 0.6 is 12.2 Å². The van der Waals surface area contributed by atoms with Crippen molar-refractivity contribution in [2.45, 2.75) is 58.5 Å². The van der Waals surface area contributed by atoms with Crippen LogP contribution in [0, 0.1) is 0 Å². The summed E-state index contributed by atoms with van der Waals surface area (Å²) in [6.07, 6.45) is 1.96. The topological polar surface area (TPSA) is 15.3 Å². The summed E-state index contributed by atoms with van der Waals surface area (Å²) in [5, 5.41) is 3.18. The van der Waals surface area contributed by atoms with E-state index in [0.29, 0.717) is 5.11 Å². The van der Waals surface area contributed by atoms with E-state index in [9.17, 15) is 13.2 Å². The predicted molar refractivity (Wildman–Crippen MR) is 98.3 cm³/mol. The third-order valence-electron chi connectivity index (χ3n) is 3.82. The molecule has 0 saturated carbocycles. The van der Waals surface area contributed by atoms with Gasteiger partial charge in [0.25, 0.3) is 0 Å². The van der Waals surface area contributed by atoms with Crippen LogP contribution in [-0.4, -0.2) is 23.1 Å². The van der Waals surface area contributed by atoms with Gasteiger partial charge in [-0.2, -0.15) is 13.2 Å². The first-order valence-corrected chi connectivity index (χ1v) is 9.03. The van der Waals surface area contributed by atoms with Crippen LogP contribution in [0.4, 0.5) is 18.9 Å². The third-order valence-corrected chi connectivity index (χ3v) is 4.18. The molecule has 24 heavy (non-hydrogen) atoms. The van der Waals surface area contributed by atoms with Crippen molar-refractivity contribution in [2.75, 3.05) is 18.4 Å². The highest BCUT2D eigenvalue weighted by Crippen LogP contribution is 2.34. The van der Waals surface area contributed by atoms with E-state index in [2.05, 4.69) is 19.2 Å². The summed E-state index contributed by atoms with van der Waals surface area (Å²) in [7, 11) is 0. The molecule has 0 aromatic heterocycles. The number of nitrogens with one attached hydrogen (secondary N) is 1. The maximum atomic E-state index is 13.1. The second-order valence-electron chi connectivity index (χ2n) is 5.87. The fourth-order valence-electron chi connectivity index (χ4n) is 2.45. The maximum Gasteiger partial charge on any atom is 0.418 e. The van der Waals surface area contributed by atoms with Crippen molar-refractivity contribution in [1.82, 2.24) is 4.90 Å². The van der Waals surface area contributed by atoms with Crippen LogP contribution in [0.2, 0.25) is 0 Å². The Hall–Kier alpha value is -1.30. The Morgan fingerprint density at radius 1 is 1.00 bits per heavy atom. The fraction of sp³-hybridized carbons (Fsp3) is 0.611. The van der Waals surface area contributed by atoms with Gasteiger partial charge in [-0.3, -0.25) is 0 Å². The molecule has 1 aromatic rings. The first-order valence-electron chi connectivity index (χ1n) is 8.62. The molecule has 1 aromatic carbocycles. The zero-order valence-electron chi connectivity index (χ0n) is 14.5. The van der Waals surface area contributed by atoms with Gasteiger partial charge in [-0.25, -0.2) is 0 Å². The fourth-order valence-corrected chi connectivity index (χ4v) is 2.75. The number of unbranched alkanes of at least 4 members (excludes halogenated alkanes) is 4. The lowest BCUT2D eigenvalue weighted by Crippen LogP contribution is -2.36. The molecule has 0 heterocycles. The lowest BCUT2D eigenvalue weighted by atomic mass is 10.1. The number of benzene rings is 1. The quantitative estimate of drug-likeness (QED) is 0.424. The molecule has 0 fully saturated rings. The van der Waals surface area contributed by atoms with E-state index in [1.54, 1.807) is 6.07 Å². The minimum Gasteiger partial charge on any atom is -0.349 e. The van der Waals surface area contributed by atoms with Gasteiger partial charge >= 0.3 is 6.18 Å². The van der Waals surface area contributed by atoms with Crippen LogP contribution in [-0.2, 0) is 6.18 Å². The highest BCUT2D eigenvalue weighted by atomic mass is 32.1. The second kappa shape index (κ2) is 10.5. The molecule has 0 spiro atoms. The van der Waals surface area contributed by atoms with E-state index in [-0.39, 0.29) is 5.69 Å². The maximum absolute atomic E-state index is 13.1. The summed E-state index contributed by atoms with van der Waals surface area (Å²) < 4.78 is 39.3. The Morgan fingerprint density at radius 2 is 1.54 bits per heavy atom. The van der Waals surface area contributed by atoms with Gasteiger partial charge in [0, 0.05) is 13.1 Å². The molecule has 0 atom stereocenters. The molecule has 0 aliphatic heterocycles. The molecule has 6 heteroatoms. The highest BCUT2D eigenvalue weighted by Gasteiger charge is 2.33. The highest BCUT2D eigenvalue weighted by molar-refractivity contribution is 7.80. The Labute approximate surface area is 148 Å². The van der Waals surface area contributed by atoms with E-state index in [0.717, 1.165) is 57.7 Å². The minimum atomic E-state index is -4.39. The predicted octanol–water partition coefficient (Wildman–Crippen LogP) is 6.08. The number of hydrogen-bond acceptors (Lipinski definition) is 1. The van der Waals surface area contributed by atoms with Crippen molar-refractivity contribution in [3.05, 3.63) is 29.8 Å². The Kier molecular flexibility index (Phi) is 9.11. The summed E-state index contributed by atoms with van der Waals surface area (Å²) >= 11 is 5.39. The first-order chi connectivity index (χ1) is 11.4. The van der Waals surface area contributed by atoms with Gasteiger partial charge in [0.1, 0.15) is 0 Å². The van der Waals surface area contributed by atoms with Crippen LogP contribution in [0.25, 0.3) is 0 Å². The van der Waals surface area contributed by atoms with E-state index in [1.807, 2.05) is 4.90 Å². The van der Waals surface area contributed by atoms with Gasteiger partial charge in [-0.05, 0) is 37.2 Å². The van der Waals surface area contributed by atoms with Gasteiger partial charge in [-0.1, -0.05) is 51.7 Å². The average Bonchev–Trinajstić information content (AvgIpc) is 2.53. The molecule has 1 rings (SSSR count). The zero-order chi connectivity index (χ0) is 18.0. The molecule has 0 aliphatic carbocycles. The Balaban J connectivity index is 2.79. The standard InChI is InChI=1S/C18H27F3N2S/c1-3-5-9-13-23(14-10-6-4-2)17(24)22-16-12-8-7-11-15(16)18(19,20)21/h7-8,11-12H,3-6,9-10,13-14H2,1-2H3,(H,22,24). The molecular weight excluding hydrogens is 333 g/mol. The van der Waals surface area contributed by atoms with E-state index in [4.69, 9.17) is 12.2 Å². The third kappa shape index (κ3) is 7.07. The minimum absolute atomic E-state index is 0.0194. The first kappa shape index (κ1) is 20.7. The smallest absolute Gasteiger partial charge is 0.349 e. The molecule has 0 radical (unpaired) electrons. The number of thiocarbonyl (C=S) groups is 1. The molecule has 0 saturated heterocycles. The SMILES string of the molecule is CCCCCN(CCCCC)C(=S)Nc1ccccc1C(F)(F)F. The number of anilines is 1. The molecule has 0 unspecified atom stereocenters. The summed E-state index contributed by atoms with van der Waals surface area (Å²) in [5.74, 6) is 0. The summed E-state index contributed by atoms with van der Waals surface area (Å²) in [6, 6.07) is 5.46. The number of halogens is 3. The molecule has 0 aliphatic rings. The lowest BCUT2D eigenvalue weighted by Gasteiger charge is -2.27. The normalized spacial score (nSPS) is 11.4. The summed E-state index contributed by atoms with van der Waals surface area (Å²) in [6.45, 7) is 5.80. The molecule has 0 amide bonds. The Bertz CT molecular complexity index is 493. The van der Waals surface area contributed by atoms with Crippen molar-refractivity contribution in [2.24, 2.45) is 0 Å². The van der Waals surface area contributed by atoms with Crippen LogP contribution in [0.3, 0.4) is 0 Å². The monoisotopic (exact) mass is 360 g/mol. The second-order valence-corrected chi connectivity index (χ2v) is 6.26. The molecule has 0 bridgehead atoms. The van der Waals surface area contributed by atoms with Crippen molar-refractivity contribution < 1.29 is 13.2 Å². The number of hydrogen-bond donors (Lipinski definition) is 1. The van der Waals surface area contributed by atoms with Gasteiger partial charge in [0.15, 0.2) is 5.11 Å². The van der Waals surface area contributed by atoms with Crippen LogP contribution in [0.5, 0.6) is 0 Å². The van der Waals surface area contributed by atoms with Crippen molar-refractivity contribution in [3.8, 4) is 0 Å². The van der Waals surface area contributed by atoms with E-state index in [1.165, 1.54) is 12.1 Å². The number of rotatable bonds is 9. The van der Waals surface area contributed by atoms with E-state index >= 15 is 0 Å². The molecule has 1 N–H and O–H groups in total. The van der Waals surface area contributed by atoms with Gasteiger partial charge < -0.3 is 10.2 Å². The average molecular weight is 360 g/mol. The van der Waals surface area contributed by atoms with Gasteiger partial charge in [-0.15, -0.1) is 0 Å². The zero-order valence-corrected chi connectivity index (χ0v) is 15.3. The number of alkyl halides is 3. The number of para-hydroxylation sites is 1. The lowest BCUT2D eigenvalue weighted by molar-refractivity contribution is -0.136. The van der Waals surface area contributed by atoms with Crippen LogP contribution < -0.4 is 5.32 Å². The largest absolute Gasteiger partial charge is 0.418 e. The van der Waals surface area contributed by atoms with Crippen molar-refractivity contribution in [1.29, 1.82) is 0 Å². The molecular formula is C18H27F3N2S. The van der Waals surface area contributed by atoms with Crippen molar-refractivity contribution in [3.63, 3.8) is 0 Å². The number of nitrogens with zero attached hydrogens (tertiary/aromatic N) is 1. The molecule has 136 valence electrons. The summed E-state index contributed by atoms with van der Waals surface area (Å²) in [5.41, 5.74) is -0.666. The van der Waals surface area contributed by atoms with E-state index < -0.39 is 11.7 Å². The van der Waals surface area contributed by atoms with Gasteiger partial charge in [0.2, 0.25) is 0 Å². The Morgan fingerprint density at radius 3 is 2.04 bits per heavy atom. The summed E-state index contributed by atoms with van der Waals surface area (Å²) in [4.78, 5) is 1.99. The molecule has 2 nitrogen and oxygen atoms in total. The van der Waals surface area contributed by atoms with Gasteiger partial charge in [0.05, 0.1) is 11.3 Å². The van der Waals surface area contributed by atoms with Crippen molar-refractivity contribution >= 4 is 23.0 Å². The van der Waals surface area contributed by atoms with Crippen LogP contribution in [0.15, 0.2) is 24.3 Å². The van der Waals surface area contributed by atoms with Crippen LogP contribution in [0.1, 0.15) is 57.9 Å².